The second kappa shape index (κ2) is 5.78. The van der Waals surface area contributed by atoms with E-state index < -0.39 is 10.5 Å². The van der Waals surface area contributed by atoms with Crippen molar-refractivity contribution in [1.29, 1.82) is 0 Å². The Morgan fingerprint density at radius 1 is 1.50 bits per heavy atom. The van der Waals surface area contributed by atoms with Crippen LogP contribution in [0.25, 0.3) is 0 Å². The summed E-state index contributed by atoms with van der Waals surface area (Å²) in [5.74, 6) is -0.0762. The van der Waals surface area contributed by atoms with Crippen LogP contribution in [-0.4, -0.2) is 14.3 Å². The van der Waals surface area contributed by atoms with Gasteiger partial charge in [-0.15, -0.1) is 0 Å². The number of halogens is 1. The van der Waals surface area contributed by atoms with E-state index in [1.54, 1.807) is 19.1 Å². The number of nitrogens with one attached hydrogen (secondary N) is 1. The molecule has 1 aliphatic carbocycles. The van der Waals surface area contributed by atoms with Crippen molar-refractivity contribution in [2.75, 3.05) is 0 Å². The van der Waals surface area contributed by atoms with Crippen LogP contribution in [0.4, 0.5) is 3.89 Å². The summed E-state index contributed by atoms with van der Waals surface area (Å²) < 4.78 is 38.3. The predicted octanol–water partition coefficient (Wildman–Crippen LogP) is 2.18. The average molecular weight is 301 g/mol. The first-order valence-corrected chi connectivity index (χ1v) is 7.76. The van der Waals surface area contributed by atoms with Gasteiger partial charge in [0.15, 0.2) is 0 Å². The van der Waals surface area contributed by atoms with Crippen molar-refractivity contribution in [2.24, 2.45) is 0 Å². The number of carbonyl (C=O) groups is 1. The summed E-state index contributed by atoms with van der Waals surface area (Å²) in [7, 11) is -5.04. The maximum Gasteiger partial charge on any atom is 0.488 e. The summed E-state index contributed by atoms with van der Waals surface area (Å²) in [6.07, 6.45) is 2.51. The summed E-state index contributed by atoms with van der Waals surface area (Å²) in [6, 6.07) is 4.62. The molecule has 110 valence electrons. The number of hydrogen-bond acceptors (Lipinski definition) is 4. The third kappa shape index (κ3) is 3.47. The molecule has 2 rings (SSSR count). The molecule has 0 saturated carbocycles. The highest BCUT2D eigenvalue weighted by Gasteiger charge is 2.25. The van der Waals surface area contributed by atoms with Crippen molar-refractivity contribution in [2.45, 2.75) is 38.6 Å². The molecule has 1 amide bonds. The van der Waals surface area contributed by atoms with Crippen LogP contribution in [-0.2, 0) is 21.7 Å². The fourth-order valence-corrected chi connectivity index (χ4v) is 2.82. The summed E-state index contributed by atoms with van der Waals surface area (Å²) >= 11 is 0. The summed E-state index contributed by atoms with van der Waals surface area (Å²) in [4.78, 5) is 11.5. The second-order valence-corrected chi connectivity index (χ2v) is 5.62. The minimum absolute atomic E-state index is 0.000414. The molecule has 0 radical (unpaired) electrons. The molecular weight excluding hydrogens is 285 g/mol. The smallest absolute Gasteiger partial charge is 0.358 e. The summed E-state index contributed by atoms with van der Waals surface area (Å²) in [5.41, 5.74) is 1.43. The molecule has 1 N–H and O–H groups in total. The Hall–Kier alpha value is -1.63. The van der Waals surface area contributed by atoms with E-state index in [4.69, 9.17) is 0 Å². The van der Waals surface area contributed by atoms with Gasteiger partial charge in [-0.1, -0.05) is 22.9 Å². The standard InChI is InChI=1S/C13H16FNO4S/c1-2-13(16)15-11-7-3-6-10-9(11)5-4-8-12(10)19-20(14,17)18/h4-5,8,11H,2-3,6-7H2,1H3,(H,15,16). The SMILES string of the molecule is CCC(=O)NC1CCCc2c(OS(=O)(=O)F)cccc21. The van der Waals surface area contributed by atoms with Gasteiger partial charge in [0.05, 0.1) is 6.04 Å². The predicted molar refractivity (Wildman–Crippen MR) is 71.2 cm³/mol. The maximum atomic E-state index is 12.7. The van der Waals surface area contributed by atoms with Gasteiger partial charge in [0, 0.05) is 12.0 Å². The monoisotopic (exact) mass is 301 g/mol. The molecule has 0 spiro atoms. The first kappa shape index (κ1) is 14.8. The molecule has 20 heavy (non-hydrogen) atoms. The molecule has 1 unspecified atom stereocenters. The molecule has 0 bridgehead atoms. The van der Waals surface area contributed by atoms with Crippen LogP contribution in [0.1, 0.15) is 43.4 Å². The third-order valence-corrected chi connectivity index (χ3v) is 3.69. The van der Waals surface area contributed by atoms with Crippen LogP contribution in [0.2, 0.25) is 0 Å². The molecule has 1 aromatic carbocycles. The van der Waals surface area contributed by atoms with E-state index in [-0.39, 0.29) is 17.7 Å². The van der Waals surface area contributed by atoms with Crippen LogP contribution in [0, 0.1) is 0 Å². The van der Waals surface area contributed by atoms with Crippen molar-refractivity contribution < 1.29 is 21.3 Å². The van der Waals surface area contributed by atoms with Crippen LogP contribution in [0.15, 0.2) is 18.2 Å². The molecule has 0 fully saturated rings. The lowest BCUT2D eigenvalue weighted by Crippen LogP contribution is -2.30. The minimum Gasteiger partial charge on any atom is -0.358 e. The number of rotatable bonds is 4. The molecule has 0 heterocycles. The lowest BCUT2D eigenvalue weighted by molar-refractivity contribution is -0.121. The molecule has 1 atom stereocenters. The second-order valence-electron chi connectivity index (χ2n) is 4.67. The highest BCUT2D eigenvalue weighted by molar-refractivity contribution is 7.81. The van der Waals surface area contributed by atoms with E-state index in [0.29, 0.717) is 18.4 Å². The van der Waals surface area contributed by atoms with Gasteiger partial charge in [0.2, 0.25) is 5.91 Å². The van der Waals surface area contributed by atoms with Crippen LogP contribution in [0.5, 0.6) is 5.75 Å². The zero-order chi connectivity index (χ0) is 14.8. The normalized spacial score (nSPS) is 18.2. The Balaban J connectivity index is 2.33. The van der Waals surface area contributed by atoms with Crippen molar-refractivity contribution in [3.8, 4) is 5.75 Å². The third-order valence-electron chi connectivity index (χ3n) is 3.31. The fraction of sp³-hybridized carbons (Fsp3) is 0.462. The lowest BCUT2D eigenvalue weighted by atomic mass is 9.87. The van der Waals surface area contributed by atoms with E-state index >= 15 is 0 Å². The van der Waals surface area contributed by atoms with Gasteiger partial charge in [0.25, 0.3) is 0 Å². The largest absolute Gasteiger partial charge is 0.488 e. The average Bonchev–Trinajstić information content (AvgIpc) is 2.38. The Labute approximate surface area is 117 Å². The van der Waals surface area contributed by atoms with Gasteiger partial charge >= 0.3 is 10.5 Å². The van der Waals surface area contributed by atoms with Crippen LogP contribution >= 0.6 is 0 Å². The lowest BCUT2D eigenvalue weighted by Gasteiger charge is -2.27. The number of benzene rings is 1. The van der Waals surface area contributed by atoms with Gasteiger partial charge in [-0.2, -0.15) is 8.42 Å². The van der Waals surface area contributed by atoms with Crippen molar-refractivity contribution in [3.05, 3.63) is 29.3 Å². The Morgan fingerprint density at radius 2 is 2.25 bits per heavy atom. The van der Waals surface area contributed by atoms with Crippen molar-refractivity contribution >= 4 is 16.4 Å². The Morgan fingerprint density at radius 3 is 2.90 bits per heavy atom. The van der Waals surface area contributed by atoms with E-state index in [1.165, 1.54) is 6.07 Å². The Kier molecular flexibility index (Phi) is 4.27. The highest BCUT2D eigenvalue weighted by Crippen LogP contribution is 2.36. The Bertz CT molecular complexity index is 615. The molecular formula is C13H16FNO4S. The summed E-state index contributed by atoms with van der Waals surface area (Å²) in [6.45, 7) is 1.76. The summed E-state index contributed by atoms with van der Waals surface area (Å²) in [5, 5.41) is 2.88. The van der Waals surface area contributed by atoms with Gasteiger partial charge in [0.1, 0.15) is 5.75 Å². The van der Waals surface area contributed by atoms with E-state index in [9.17, 15) is 17.1 Å². The minimum atomic E-state index is -5.04. The number of fused-ring (bicyclic) bond motifs is 1. The van der Waals surface area contributed by atoms with Gasteiger partial charge in [-0.3, -0.25) is 4.79 Å². The number of carbonyl (C=O) groups excluding carboxylic acids is 1. The van der Waals surface area contributed by atoms with Gasteiger partial charge in [-0.05, 0) is 30.9 Å². The molecule has 1 aromatic rings. The van der Waals surface area contributed by atoms with Crippen molar-refractivity contribution in [3.63, 3.8) is 0 Å². The molecule has 5 nitrogen and oxygen atoms in total. The topological polar surface area (TPSA) is 72.5 Å². The quantitative estimate of drug-likeness (QED) is 0.865. The zero-order valence-electron chi connectivity index (χ0n) is 11.1. The number of hydrogen-bond donors (Lipinski definition) is 1. The first-order valence-electron chi connectivity index (χ1n) is 6.46. The molecule has 0 aliphatic heterocycles. The highest BCUT2D eigenvalue weighted by atomic mass is 32.3. The van der Waals surface area contributed by atoms with E-state index in [0.717, 1.165) is 18.4 Å². The molecule has 7 heteroatoms. The maximum absolute atomic E-state index is 12.7. The van der Waals surface area contributed by atoms with Crippen LogP contribution < -0.4 is 9.50 Å². The fourth-order valence-electron chi connectivity index (χ4n) is 2.45. The first-order chi connectivity index (χ1) is 9.40. The van der Waals surface area contributed by atoms with Crippen LogP contribution in [0.3, 0.4) is 0 Å². The number of amides is 1. The molecule has 0 saturated heterocycles. The van der Waals surface area contributed by atoms with Crippen molar-refractivity contribution in [1.82, 2.24) is 5.32 Å². The zero-order valence-corrected chi connectivity index (χ0v) is 11.9. The van der Waals surface area contributed by atoms with E-state index in [1.807, 2.05) is 0 Å². The van der Waals surface area contributed by atoms with Gasteiger partial charge in [-0.25, -0.2) is 0 Å². The molecule has 0 aromatic heterocycles. The molecule has 1 aliphatic rings. The van der Waals surface area contributed by atoms with E-state index in [2.05, 4.69) is 9.50 Å². The van der Waals surface area contributed by atoms with Gasteiger partial charge < -0.3 is 9.50 Å².